The highest BCUT2D eigenvalue weighted by Gasteiger charge is 2.08. The topological polar surface area (TPSA) is 15.3 Å². The molecular formula is C14H20ClFN2. The molecule has 0 unspecified atom stereocenters. The van der Waals surface area contributed by atoms with E-state index in [-0.39, 0.29) is 10.8 Å². The maximum atomic E-state index is 13.0. The lowest BCUT2D eigenvalue weighted by Crippen LogP contribution is -2.43. The summed E-state index contributed by atoms with van der Waals surface area (Å²) in [5, 5.41) is 3.58. The van der Waals surface area contributed by atoms with Crippen molar-refractivity contribution in [3.05, 3.63) is 34.6 Å². The Morgan fingerprint density at radius 2 is 2.00 bits per heavy atom. The Balaban J connectivity index is 1.66. The lowest BCUT2D eigenvalue weighted by molar-refractivity contribution is 0.237. The van der Waals surface area contributed by atoms with E-state index in [1.54, 1.807) is 6.07 Å². The van der Waals surface area contributed by atoms with Crippen molar-refractivity contribution in [1.29, 1.82) is 0 Å². The summed E-state index contributed by atoms with van der Waals surface area (Å²) in [6.45, 7) is 5.68. The zero-order valence-corrected chi connectivity index (χ0v) is 11.3. The van der Waals surface area contributed by atoms with E-state index in [1.807, 2.05) is 6.07 Å². The van der Waals surface area contributed by atoms with E-state index < -0.39 is 0 Å². The fourth-order valence-electron chi connectivity index (χ4n) is 2.29. The van der Waals surface area contributed by atoms with Crippen molar-refractivity contribution in [1.82, 2.24) is 10.2 Å². The van der Waals surface area contributed by atoms with Crippen LogP contribution in [-0.2, 0) is 6.42 Å². The lowest BCUT2D eigenvalue weighted by atomic mass is 10.1. The number of piperazine rings is 1. The highest BCUT2D eigenvalue weighted by molar-refractivity contribution is 6.30. The minimum atomic E-state index is -0.332. The van der Waals surface area contributed by atoms with E-state index in [2.05, 4.69) is 10.2 Å². The number of rotatable bonds is 5. The first kappa shape index (κ1) is 13.8. The molecule has 1 N–H and O–H groups in total. The molecule has 1 fully saturated rings. The molecule has 0 radical (unpaired) electrons. The number of nitrogens with one attached hydrogen (secondary N) is 1. The SMILES string of the molecule is Fc1ccc(CCCCN2CCNCC2)cc1Cl. The van der Waals surface area contributed by atoms with E-state index in [0.29, 0.717) is 0 Å². The summed E-state index contributed by atoms with van der Waals surface area (Å²) in [5.74, 6) is -0.332. The van der Waals surface area contributed by atoms with Gasteiger partial charge in [-0.3, -0.25) is 0 Å². The second kappa shape index (κ2) is 7.07. The fraction of sp³-hybridized carbons (Fsp3) is 0.571. The Labute approximate surface area is 113 Å². The summed E-state index contributed by atoms with van der Waals surface area (Å²) in [5.41, 5.74) is 1.13. The molecule has 0 aromatic heterocycles. The van der Waals surface area contributed by atoms with Crippen molar-refractivity contribution >= 4 is 11.6 Å². The number of benzene rings is 1. The highest BCUT2D eigenvalue weighted by Crippen LogP contribution is 2.17. The van der Waals surface area contributed by atoms with Gasteiger partial charge in [0.15, 0.2) is 0 Å². The van der Waals surface area contributed by atoms with Gasteiger partial charge in [-0.15, -0.1) is 0 Å². The van der Waals surface area contributed by atoms with Gasteiger partial charge in [-0.2, -0.15) is 0 Å². The Kier molecular flexibility index (Phi) is 5.42. The number of nitrogens with zero attached hydrogens (tertiary/aromatic N) is 1. The van der Waals surface area contributed by atoms with Crippen LogP contribution in [0, 0.1) is 5.82 Å². The first-order valence-electron chi connectivity index (χ1n) is 6.63. The predicted molar refractivity (Wildman–Crippen MR) is 73.7 cm³/mol. The van der Waals surface area contributed by atoms with E-state index in [0.717, 1.165) is 51.1 Å². The van der Waals surface area contributed by atoms with Crippen LogP contribution in [0.25, 0.3) is 0 Å². The lowest BCUT2D eigenvalue weighted by Gasteiger charge is -2.27. The second-order valence-electron chi connectivity index (χ2n) is 4.80. The van der Waals surface area contributed by atoms with Crippen LogP contribution in [0.1, 0.15) is 18.4 Å². The van der Waals surface area contributed by atoms with Crippen molar-refractivity contribution in [3.63, 3.8) is 0 Å². The van der Waals surface area contributed by atoms with Gasteiger partial charge in [0.25, 0.3) is 0 Å². The third-order valence-electron chi connectivity index (χ3n) is 3.38. The van der Waals surface area contributed by atoms with Gasteiger partial charge in [0, 0.05) is 26.2 Å². The van der Waals surface area contributed by atoms with Crippen LogP contribution in [-0.4, -0.2) is 37.6 Å². The summed E-state index contributed by atoms with van der Waals surface area (Å²) >= 11 is 5.76. The van der Waals surface area contributed by atoms with E-state index in [1.165, 1.54) is 12.5 Å². The number of unbranched alkanes of at least 4 members (excludes halogenated alkanes) is 1. The van der Waals surface area contributed by atoms with Crippen LogP contribution in [0.15, 0.2) is 18.2 Å². The molecule has 1 saturated heterocycles. The minimum absolute atomic E-state index is 0.231. The monoisotopic (exact) mass is 270 g/mol. The van der Waals surface area contributed by atoms with Gasteiger partial charge in [0.1, 0.15) is 5.82 Å². The van der Waals surface area contributed by atoms with E-state index in [9.17, 15) is 4.39 Å². The van der Waals surface area contributed by atoms with Crippen molar-refractivity contribution in [2.45, 2.75) is 19.3 Å². The first-order valence-corrected chi connectivity index (χ1v) is 7.00. The molecule has 2 rings (SSSR count). The molecule has 1 aromatic rings. The molecule has 4 heteroatoms. The van der Waals surface area contributed by atoms with Crippen molar-refractivity contribution < 1.29 is 4.39 Å². The van der Waals surface area contributed by atoms with Gasteiger partial charge < -0.3 is 10.2 Å². The van der Waals surface area contributed by atoms with Crippen LogP contribution >= 0.6 is 11.6 Å². The summed E-state index contributed by atoms with van der Waals surface area (Å²) in [6, 6.07) is 5.02. The van der Waals surface area contributed by atoms with Crippen molar-refractivity contribution in [2.24, 2.45) is 0 Å². The second-order valence-corrected chi connectivity index (χ2v) is 5.20. The molecule has 1 heterocycles. The Morgan fingerprint density at radius 1 is 1.22 bits per heavy atom. The highest BCUT2D eigenvalue weighted by atomic mass is 35.5. The zero-order chi connectivity index (χ0) is 12.8. The van der Waals surface area contributed by atoms with Gasteiger partial charge in [0.05, 0.1) is 5.02 Å². The van der Waals surface area contributed by atoms with Crippen LogP contribution in [0.3, 0.4) is 0 Å². The van der Waals surface area contributed by atoms with E-state index >= 15 is 0 Å². The summed E-state index contributed by atoms with van der Waals surface area (Å²) in [7, 11) is 0. The molecule has 100 valence electrons. The molecule has 0 amide bonds. The first-order chi connectivity index (χ1) is 8.75. The Hall–Kier alpha value is -0.640. The molecule has 1 aliphatic rings. The maximum Gasteiger partial charge on any atom is 0.141 e. The average Bonchev–Trinajstić information content (AvgIpc) is 2.40. The largest absolute Gasteiger partial charge is 0.314 e. The quantitative estimate of drug-likeness (QED) is 0.828. The molecule has 0 saturated carbocycles. The summed E-state index contributed by atoms with van der Waals surface area (Å²) < 4.78 is 13.0. The third-order valence-corrected chi connectivity index (χ3v) is 3.67. The van der Waals surface area contributed by atoms with Gasteiger partial charge in [0.2, 0.25) is 0 Å². The standard InChI is InChI=1S/C14H20ClFN2/c15-13-11-12(4-5-14(13)16)3-1-2-8-18-9-6-17-7-10-18/h4-5,11,17H,1-3,6-10H2. The zero-order valence-electron chi connectivity index (χ0n) is 10.6. The molecule has 1 aliphatic heterocycles. The number of halogens is 2. The van der Waals surface area contributed by atoms with Crippen LogP contribution < -0.4 is 5.32 Å². The Bertz CT molecular complexity index is 378. The maximum absolute atomic E-state index is 13.0. The minimum Gasteiger partial charge on any atom is -0.314 e. The number of hydrogen-bond donors (Lipinski definition) is 1. The number of aryl methyl sites for hydroxylation is 1. The van der Waals surface area contributed by atoms with Gasteiger partial charge in [-0.05, 0) is 43.5 Å². The molecule has 18 heavy (non-hydrogen) atoms. The van der Waals surface area contributed by atoms with E-state index in [4.69, 9.17) is 11.6 Å². The molecule has 0 atom stereocenters. The van der Waals surface area contributed by atoms with Crippen LogP contribution in [0.4, 0.5) is 4.39 Å². The number of hydrogen-bond acceptors (Lipinski definition) is 2. The molecule has 0 spiro atoms. The van der Waals surface area contributed by atoms with Crippen molar-refractivity contribution in [2.75, 3.05) is 32.7 Å². The Morgan fingerprint density at radius 3 is 2.72 bits per heavy atom. The predicted octanol–water partition coefficient (Wildman–Crippen LogP) is 2.71. The van der Waals surface area contributed by atoms with Crippen molar-refractivity contribution in [3.8, 4) is 0 Å². The summed E-state index contributed by atoms with van der Waals surface area (Å²) in [6.07, 6.45) is 3.30. The summed E-state index contributed by atoms with van der Waals surface area (Å²) in [4.78, 5) is 2.49. The van der Waals surface area contributed by atoms with Gasteiger partial charge in [-0.1, -0.05) is 17.7 Å². The molecule has 2 nitrogen and oxygen atoms in total. The normalized spacial score (nSPS) is 17.0. The van der Waals surface area contributed by atoms with Crippen LogP contribution in [0.2, 0.25) is 5.02 Å². The van der Waals surface area contributed by atoms with Gasteiger partial charge >= 0.3 is 0 Å². The smallest absolute Gasteiger partial charge is 0.141 e. The van der Waals surface area contributed by atoms with Crippen LogP contribution in [0.5, 0.6) is 0 Å². The molecule has 0 aliphatic carbocycles. The fourth-order valence-corrected chi connectivity index (χ4v) is 2.50. The van der Waals surface area contributed by atoms with Gasteiger partial charge in [-0.25, -0.2) is 4.39 Å². The molecular weight excluding hydrogens is 251 g/mol. The average molecular weight is 271 g/mol. The third kappa shape index (κ3) is 4.23. The molecule has 1 aromatic carbocycles. The molecule has 0 bridgehead atoms.